The number of carbonyl (C=O) groups is 1. The van der Waals surface area contributed by atoms with Gasteiger partial charge in [0.05, 0.1) is 5.60 Å². The number of nitrogens with one attached hydrogen (secondary N) is 1. The second-order valence-electron chi connectivity index (χ2n) is 3.26. The van der Waals surface area contributed by atoms with E-state index < -0.39 is 0 Å². The second kappa shape index (κ2) is 3.87. The van der Waals surface area contributed by atoms with Gasteiger partial charge in [-0.15, -0.1) is 0 Å². The Bertz CT molecular complexity index is 160. The highest BCUT2D eigenvalue weighted by Crippen LogP contribution is 2.16. The van der Waals surface area contributed by atoms with Gasteiger partial charge in [0, 0.05) is 26.7 Å². The van der Waals surface area contributed by atoms with E-state index >= 15 is 0 Å². The standard InChI is InChI=1S/C8H15NO3/c1-8(3-4-11-2)6-9-7(10)5-12-8/h3-6H2,1-2H3,(H,9,10). The molecule has 1 saturated heterocycles. The number of ether oxygens (including phenoxy) is 2. The molecule has 1 heterocycles. The molecule has 1 unspecified atom stereocenters. The van der Waals surface area contributed by atoms with Crippen LogP contribution in [0.4, 0.5) is 0 Å². The van der Waals surface area contributed by atoms with E-state index in [0.717, 1.165) is 6.42 Å². The van der Waals surface area contributed by atoms with E-state index in [-0.39, 0.29) is 18.1 Å². The Balaban J connectivity index is 2.34. The molecule has 70 valence electrons. The number of morpholine rings is 1. The maximum Gasteiger partial charge on any atom is 0.246 e. The molecule has 0 spiro atoms. The van der Waals surface area contributed by atoms with Crippen molar-refractivity contribution >= 4 is 5.91 Å². The van der Waals surface area contributed by atoms with Crippen molar-refractivity contribution in [2.45, 2.75) is 18.9 Å². The number of methoxy groups -OCH3 is 1. The second-order valence-corrected chi connectivity index (χ2v) is 3.26. The van der Waals surface area contributed by atoms with Gasteiger partial charge in [0.1, 0.15) is 6.61 Å². The van der Waals surface area contributed by atoms with Gasteiger partial charge in [0.25, 0.3) is 0 Å². The fourth-order valence-electron chi connectivity index (χ4n) is 1.11. The van der Waals surface area contributed by atoms with Gasteiger partial charge in [-0.2, -0.15) is 0 Å². The first-order valence-corrected chi connectivity index (χ1v) is 4.06. The van der Waals surface area contributed by atoms with E-state index in [0.29, 0.717) is 13.2 Å². The summed E-state index contributed by atoms with van der Waals surface area (Å²) in [6, 6.07) is 0. The predicted octanol–water partition coefficient (Wildman–Crippen LogP) is -0.0720. The number of rotatable bonds is 3. The van der Waals surface area contributed by atoms with Crippen molar-refractivity contribution in [1.29, 1.82) is 0 Å². The third kappa shape index (κ3) is 2.46. The first-order valence-electron chi connectivity index (χ1n) is 4.06. The Hall–Kier alpha value is -0.610. The first kappa shape index (κ1) is 9.48. The van der Waals surface area contributed by atoms with E-state index in [1.54, 1.807) is 7.11 Å². The average Bonchev–Trinajstić information content (AvgIpc) is 2.08. The lowest BCUT2D eigenvalue weighted by atomic mass is 10.0. The quantitative estimate of drug-likeness (QED) is 0.649. The minimum absolute atomic E-state index is 0.0371. The Kier molecular flexibility index (Phi) is 3.05. The normalized spacial score (nSPS) is 30.0. The lowest BCUT2D eigenvalue weighted by Crippen LogP contribution is -2.51. The number of carbonyl (C=O) groups excluding carboxylic acids is 1. The molecule has 0 aromatic rings. The third-order valence-corrected chi connectivity index (χ3v) is 2.05. The van der Waals surface area contributed by atoms with Crippen LogP contribution in [0.3, 0.4) is 0 Å². The zero-order valence-corrected chi connectivity index (χ0v) is 7.55. The molecule has 0 saturated carbocycles. The minimum Gasteiger partial charge on any atom is -0.385 e. The molecule has 1 N–H and O–H groups in total. The number of hydrogen-bond donors (Lipinski definition) is 1. The number of amides is 1. The zero-order chi connectivity index (χ0) is 9.03. The summed E-state index contributed by atoms with van der Waals surface area (Å²) < 4.78 is 10.3. The maximum atomic E-state index is 10.8. The molecule has 0 bridgehead atoms. The SMILES string of the molecule is COCCC1(C)CNC(=O)CO1. The van der Waals surface area contributed by atoms with Crippen LogP contribution in [0.25, 0.3) is 0 Å². The van der Waals surface area contributed by atoms with E-state index in [1.165, 1.54) is 0 Å². The van der Waals surface area contributed by atoms with Crippen molar-refractivity contribution in [1.82, 2.24) is 5.32 Å². The zero-order valence-electron chi connectivity index (χ0n) is 7.55. The molecule has 1 rings (SSSR count). The summed E-state index contributed by atoms with van der Waals surface area (Å²) in [6.45, 7) is 3.38. The van der Waals surface area contributed by atoms with Crippen molar-refractivity contribution < 1.29 is 14.3 Å². The highest BCUT2D eigenvalue weighted by atomic mass is 16.5. The summed E-state index contributed by atoms with van der Waals surface area (Å²) in [5, 5.41) is 2.76. The summed E-state index contributed by atoms with van der Waals surface area (Å²) in [5.41, 5.74) is -0.246. The highest BCUT2D eigenvalue weighted by molar-refractivity contribution is 5.77. The monoisotopic (exact) mass is 173 g/mol. The summed E-state index contributed by atoms with van der Waals surface area (Å²) >= 11 is 0. The van der Waals surface area contributed by atoms with Gasteiger partial charge in [0.15, 0.2) is 0 Å². The van der Waals surface area contributed by atoms with Crippen molar-refractivity contribution in [3.05, 3.63) is 0 Å². The largest absolute Gasteiger partial charge is 0.385 e. The molecule has 0 radical (unpaired) electrons. The fraction of sp³-hybridized carbons (Fsp3) is 0.875. The first-order chi connectivity index (χ1) is 5.66. The fourth-order valence-corrected chi connectivity index (χ4v) is 1.11. The molecule has 4 heteroatoms. The lowest BCUT2D eigenvalue weighted by molar-refractivity contribution is -0.143. The topological polar surface area (TPSA) is 47.6 Å². The maximum absolute atomic E-state index is 10.8. The van der Waals surface area contributed by atoms with Crippen molar-refractivity contribution in [3.8, 4) is 0 Å². The van der Waals surface area contributed by atoms with Crippen molar-refractivity contribution in [3.63, 3.8) is 0 Å². The molecule has 0 aromatic heterocycles. The molecular formula is C8H15NO3. The van der Waals surface area contributed by atoms with Gasteiger partial charge in [-0.05, 0) is 6.92 Å². The molecule has 12 heavy (non-hydrogen) atoms. The van der Waals surface area contributed by atoms with Crippen LogP contribution in [0.1, 0.15) is 13.3 Å². The molecule has 1 aliphatic rings. The summed E-state index contributed by atoms with van der Waals surface area (Å²) in [4.78, 5) is 10.8. The molecule has 4 nitrogen and oxygen atoms in total. The Labute approximate surface area is 72.2 Å². The van der Waals surface area contributed by atoms with Gasteiger partial charge in [-0.3, -0.25) is 4.79 Å². The summed E-state index contributed by atoms with van der Waals surface area (Å²) in [5.74, 6) is -0.0371. The highest BCUT2D eigenvalue weighted by Gasteiger charge is 2.30. The van der Waals surface area contributed by atoms with Crippen LogP contribution in [0.2, 0.25) is 0 Å². The van der Waals surface area contributed by atoms with E-state index in [4.69, 9.17) is 9.47 Å². The van der Waals surface area contributed by atoms with E-state index in [2.05, 4.69) is 5.32 Å². The Morgan fingerprint density at radius 1 is 1.75 bits per heavy atom. The van der Waals surface area contributed by atoms with Gasteiger partial charge in [-0.1, -0.05) is 0 Å². The minimum atomic E-state index is -0.246. The van der Waals surface area contributed by atoms with Crippen LogP contribution in [0.5, 0.6) is 0 Å². The van der Waals surface area contributed by atoms with Crippen LogP contribution in [-0.2, 0) is 14.3 Å². The van der Waals surface area contributed by atoms with E-state index in [9.17, 15) is 4.79 Å². The summed E-state index contributed by atoms with van der Waals surface area (Å²) in [6.07, 6.45) is 0.809. The Morgan fingerprint density at radius 2 is 2.50 bits per heavy atom. The molecule has 1 amide bonds. The van der Waals surface area contributed by atoms with Gasteiger partial charge >= 0.3 is 0 Å². The Morgan fingerprint density at radius 3 is 3.00 bits per heavy atom. The molecular weight excluding hydrogens is 158 g/mol. The van der Waals surface area contributed by atoms with Crippen LogP contribution in [0, 0.1) is 0 Å². The third-order valence-electron chi connectivity index (χ3n) is 2.05. The van der Waals surface area contributed by atoms with E-state index in [1.807, 2.05) is 6.92 Å². The number of hydrogen-bond acceptors (Lipinski definition) is 3. The molecule has 0 aliphatic carbocycles. The average molecular weight is 173 g/mol. The predicted molar refractivity (Wildman–Crippen MR) is 43.9 cm³/mol. The van der Waals surface area contributed by atoms with Crippen LogP contribution in [0.15, 0.2) is 0 Å². The van der Waals surface area contributed by atoms with Gasteiger partial charge in [0.2, 0.25) is 5.91 Å². The van der Waals surface area contributed by atoms with Crippen LogP contribution < -0.4 is 5.32 Å². The molecule has 1 aliphatic heterocycles. The van der Waals surface area contributed by atoms with Crippen molar-refractivity contribution in [2.24, 2.45) is 0 Å². The van der Waals surface area contributed by atoms with Gasteiger partial charge in [-0.25, -0.2) is 0 Å². The molecule has 0 aromatic carbocycles. The van der Waals surface area contributed by atoms with Crippen LogP contribution in [-0.4, -0.2) is 38.4 Å². The molecule has 1 fully saturated rings. The smallest absolute Gasteiger partial charge is 0.246 e. The molecule has 1 atom stereocenters. The van der Waals surface area contributed by atoms with Gasteiger partial charge < -0.3 is 14.8 Å². The lowest BCUT2D eigenvalue weighted by Gasteiger charge is -2.33. The van der Waals surface area contributed by atoms with Crippen LogP contribution >= 0.6 is 0 Å². The summed E-state index contributed by atoms with van der Waals surface area (Å²) in [7, 11) is 1.66. The van der Waals surface area contributed by atoms with Crippen molar-refractivity contribution in [2.75, 3.05) is 26.9 Å².